The Balaban J connectivity index is 2.19. The highest BCUT2D eigenvalue weighted by Crippen LogP contribution is 2.15. The number of unbranched alkanes of at least 4 members (excludes halogenated alkanes) is 6. The molecule has 1 rings (SSSR count). The number of carbonyl (C=O) groups is 2. The van der Waals surface area contributed by atoms with Crippen LogP contribution in [0.2, 0.25) is 0 Å². The summed E-state index contributed by atoms with van der Waals surface area (Å²) in [7, 11) is 0. The zero-order valence-corrected chi connectivity index (χ0v) is 15.6. The standard InChI is InChI=1S/C21H31NO3/c1-3-5-6-7-8-9-12-17-25-21(24)16-15-20(23)22-19-14-11-10-13-18(19)4-2/h10-11,13-16H,3-9,12,17H2,1-2H3,(H,22,23)/b16-15+. The Morgan fingerprint density at radius 2 is 1.64 bits per heavy atom. The Morgan fingerprint density at radius 3 is 2.36 bits per heavy atom. The minimum atomic E-state index is -0.468. The van der Waals surface area contributed by atoms with Crippen LogP contribution in [-0.4, -0.2) is 18.5 Å². The van der Waals surface area contributed by atoms with Gasteiger partial charge in [-0.3, -0.25) is 4.79 Å². The van der Waals surface area contributed by atoms with E-state index >= 15 is 0 Å². The van der Waals surface area contributed by atoms with E-state index in [1.165, 1.54) is 44.3 Å². The van der Waals surface area contributed by atoms with Gasteiger partial charge in [-0.15, -0.1) is 0 Å². The van der Waals surface area contributed by atoms with Crippen molar-refractivity contribution in [2.45, 2.75) is 65.2 Å². The molecule has 4 heteroatoms. The van der Waals surface area contributed by atoms with E-state index in [1.54, 1.807) is 0 Å². The monoisotopic (exact) mass is 345 g/mol. The van der Waals surface area contributed by atoms with Crippen LogP contribution in [0.5, 0.6) is 0 Å². The van der Waals surface area contributed by atoms with E-state index in [-0.39, 0.29) is 5.91 Å². The molecule has 0 aliphatic carbocycles. The molecule has 25 heavy (non-hydrogen) atoms. The number of hydrogen-bond donors (Lipinski definition) is 1. The van der Waals surface area contributed by atoms with Crippen molar-refractivity contribution in [2.75, 3.05) is 11.9 Å². The molecule has 4 nitrogen and oxygen atoms in total. The Kier molecular flexibility index (Phi) is 11.1. The second kappa shape index (κ2) is 13.2. The van der Waals surface area contributed by atoms with E-state index < -0.39 is 5.97 Å². The van der Waals surface area contributed by atoms with Crippen LogP contribution in [-0.2, 0) is 20.7 Å². The van der Waals surface area contributed by atoms with Crippen LogP contribution in [0.15, 0.2) is 36.4 Å². The third-order valence-electron chi connectivity index (χ3n) is 4.02. The fourth-order valence-corrected chi connectivity index (χ4v) is 2.55. The van der Waals surface area contributed by atoms with Crippen molar-refractivity contribution < 1.29 is 14.3 Å². The van der Waals surface area contributed by atoms with Crippen LogP contribution >= 0.6 is 0 Å². The average Bonchev–Trinajstić information content (AvgIpc) is 2.62. The van der Waals surface area contributed by atoms with Crippen molar-refractivity contribution in [3.63, 3.8) is 0 Å². The number of carbonyl (C=O) groups excluding carboxylic acids is 2. The molecule has 0 aliphatic heterocycles. The molecule has 0 saturated heterocycles. The van der Waals surface area contributed by atoms with Gasteiger partial charge in [0.2, 0.25) is 5.91 Å². The number of anilines is 1. The first-order valence-electron chi connectivity index (χ1n) is 9.41. The zero-order chi connectivity index (χ0) is 18.3. The normalized spacial score (nSPS) is 10.8. The molecule has 0 saturated carbocycles. The Morgan fingerprint density at radius 1 is 0.960 bits per heavy atom. The second-order valence-electron chi connectivity index (χ2n) is 6.12. The minimum Gasteiger partial charge on any atom is -0.463 e. The lowest BCUT2D eigenvalue weighted by Gasteiger charge is -2.07. The molecule has 0 unspecified atom stereocenters. The number of amides is 1. The molecular formula is C21H31NO3. The first-order chi connectivity index (χ1) is 12.2. The molecule has 1 amide bonds. The second-order valence-corrected chi connectivity index (χ2v) is 6.12. The molecule has 1 N–H and O–H groups in total. The van der Waals surface area contributed by atoms with Crippen LogP contribution < -0.4 is 5.32 Å². The van der Waals surface area contributed by atoms with Gasteiger partial charge < -0.3 is 10.1 Å². The molecule has 0 spiro atoms. The predicted molar refractivity (Wildman–Crippen MR) is 103 cm³/mol. The minimum absolute atomic E-state index is 0.325. The van der Waals surface area contributed by atoms with Crippen molar-refractivity contribution >= 4 is 17.6 Å². The van der Waals surface area contributed by atoms with Crippen LogP contribution in [0.3, 0.4) is 0 Å². The Hall–Kier alpha value is -2.10. The lowest BCUT2D eigenvalue weighted by atomic mass is 10.1. The number of rotatable bonds is 12. The van der Waals surface area contributed by atoms with Crippen LogP contribution in [0, 0.1) is 0 Å². The summed E-state index contributed by atoms with van der Waals surface area (Å²) in [6.45, 7) is 4.65. The maximum Gasteiger partial charge on any atom is 0.330 e. The number of esters is 1. The van der Waals surface area contributed by atoms with Gasteiger partial charge in [0.1, 0.15) is 0 Å². The number of aryl methyl sites for hydroxylation is 1. The van der Waals surface area contributed by atoms with Gasteiger partial charge >= 0.3 is 5.97 Å². The molecule has 0 aromatic heterocycles. The van der Waals surface area contributed by atoms with Gasteiger partial charge in [-0.05, 0) is 24.5 Å². The quantitative estimate of drug-likeness (QED) is 0.328. The van der Waals surface area contributed by atoms with Crippen LogP contribution in [0.4, 0.5) is 5.69 Å². The van der Waals surface area contributed by atoms with Crippen LogP contribution in [0.25, 0.3) is 0 Å². The lowest BCUT2D eigenvalue weighted by molar-refractivity contribution is -0.138. The van der Waals surface area contributed by atoms with E-state index in [9.17, 15) is 9.59 Å². The lowest BCUT2D eigenvalue weighted by Crippen LogP contribution is -2.11. The maximum atomic E-state index is 11.9. The SMILES string of the molecule is CCCCCCCCCOC(=O)/C=C/C(=O)Nc1ccccc1CC. The summed E-state index contributed by atoms with van der Waals surface area (Å²) in [6.07, 6.45) is 11.5. The summed E-state index contributed by atoms with van der Waals surface area (Å²) in [5, 5.41) is 2.78. The molecule has 138 valence electrons. The molecule has 0 radical (unpaired) electrons. The summed E-state index contributed by atoms with van der Waals surface area (Å²) in [5.41, 5.74) is 1.84. The summed E-state index contributed by atoms with van der Waals surface area (Å²) in [6, 6.07) is 7.62. The highest BCUT2D eigenvalue weighted by Gasteiger charge is 2.04. The third-order valence-corrected chi connectivity index (χ3v) is 4.02. The average molecular weight is 345 g/mol. The largest absolute Gasteiger partial charge is 0.463 e. The van der Waals surface area contributed by atoms with E-state index in [2.05, 4.69) is 12.2 Å². The van der Waals surface area contributed by atoms with E-state index in [1.807, 2.05) is 31.2 Å². The van der Waals surface area contributed by atoms with E-state index in [0.29, 0.717) is 6.61 Å². The molecule has 1 aromatic rings. The summed E-state index contributed by atoms with van der Waals surface area (Å²) in [5.74, 6) is -0.793. The summed E-state index contributed by atoms with van der Waals surface area (Å²) in [4.78, 5) is 23.5. The Labute approximate surface area is 151 Å². The van der Waals surface area contributed by atoms with Crippen molar-refractivity contribution in [1.82, 2.24) is 0 Å². The molecule has 0 bridgehead atoms. The number of nitrogens with one attached hydrogen (secondary N) is 1. The van der Waals surface area contributed by atoms with Gasteiger partial charge in [-0.25, -0.2) is 4.79 Å². The molecule has 0 atom stereocenters. The topological polar surface area (TPSA) is 55.4 Å². The van der Waals surface area contributed by atoms with E-state index in [4.69, 9.17) is 4.74 Å². The predicted octanol–water partition coefficient (Wildman–Crippen LogP) is 5.04. The maximum absolute atomic E-state index is 11.9. The molecule has 1 aromatic carbocycles. The summed E-state index contributed by atoms with van der Waals surface area (Å²) < 4.78 is 5.11. The van der Waals surface area contributed by atoms with E-state index in [0.717, 1.165) is 30.5 Å². The third kappa shape index (κ3) is 9.70. The molecular weight excluding hydrogens is 314 g/mol. The molecule has 0 fully saturated rings. The van der Waals surface area contributed by atoms with Gasteiger partial charge in [-0.2, -0.15) is 0 Å². The highest BCUT2D eigenvalue weighted by molar-refractivity contribution is 6.02. The smallest absolute Gasteiger partial charge is 0.330 e. The summed E-state index contributed by atoms with van der Waals surface area (Å²) >= 11 is 0. The van der Waals surface area contributed by atoms with Gasteiger partial charge in [0.05, 0.1) is 6.61 Å². The highest BCUT2D eigenvalue weighted by atomic mass is 16.5. The zero-order valence-electron chi connectivity index (χ0n) is 15.6. The Bertz CT molecular complexity index is 552. The van der Waals surface area contributed by atoms with Crippen LogP contribution in [0.1, 0.15) is 64.4 Å². The van der Waals surface area contributed by atoms with Crippen molar-refractivity contribution in [2.24, 2.45) is 0 Å². The van der Waals surface area contributed by atoms with Crippen molar-refractivity contribution in [3.05, 3.63) is 42.0 Å². The van der Waals surface area contributed by atoms with Gasteiger partial charge in [0.15, 0.2) is 0 Å². The number of hydrogen-bond acceptors (Lipinski definition) is 3. The number of para-hydroxylation sites is 1. The number of ether oxygens (including phenoxy) is 1. The van der Waals surface area contributed by atoms with Gasteiger partial charge in [0, 0.05) is 17.8 Å². The molecule has 0 heterocycles. The van der Waals surface area contributed by atoms with Gasteiger partial charge in [-0.1, -0.05) is 70.6 Å². The fraction of sp³-hybridized carbons (Fsp3) is 0.524. The van der Waals surface area contributed by atoms with Gasteiger partial charge in [0.25, 0.3) is 0 Å². The first kappa shape index (κ1) is 20.9. The first-order valence-corrected chi connectivity index (χ1v) is 9.41. The number of benzene rings is 1. The molecule has 0 aliphatic rings. The fourth-order valence-electron chi connectivity index (χ4n) is 2.55. The van der Waals surface area contributed by atoms with Crippen molar-refractivity contribution in [1.29, 1.82) is 0 Å². The van der Waals surface area contributed by atoms with Crippen molar-refractivity contribution in [3.8, 4) is 0 Å².